The van der Waals surface area contributed by atoms with Crippen molar-refractivity contribution >= 4 is 5.91 Å². The number of halogens is 3. The van der Waals surface area contributed by atoms with Crippen LogP contribution in [0, 0.1) is 13.8 Å². The summed E-state index contributed by atoms with van der Waals surface area (Å²) in [5, 5.41) is 6.58. The van der Waals surface area contributed by atoms with Crippen LogP contribution in [0.15, 0.2) is 4.52 Å². The number of carbonyl (C=O) groups is 1. The molecule has 1 saturated heterocycles. The molecule has 0 radical (unpaired) electrons. The average molecular weight is 349 g/mol. The summed E-state index contributed by atoms with van der Waals surface area (Å²) in [4.78, 5) is 13.4. The predicted molar refractivity (Wildman–Crippen MR) is 79.6 cm³/mol. The van der Waals surface area contributed by atoms with Gasteiger partial charge in [-0.1, -0.05) is 12.1 Å². The third-order valence-electron chi connectivity index (χ3n) is 4.09. The number of amides is 1. The zero-order valence-corrected chi connectivity index (χ0v) is 13.9. The summed E-state index contributed by atoms with van der Waals surface area (Å²) in [5.41, 5.74) is 1.65. The SMILES string of the molecule is Cc1noc(C)c1C(C)CNC(=O)C1COCCN1CC(F)(F)F. The monoisotopic (exact) mass is 349 g/mol. The summed E-state index contributed by atoms with van der Waals surface area (Å²) in [5.74, 6) is 0.160. The summed E-state index contributed by atoms with van der Waals surface area (Å²) in [6, 6.07) is -0.933. The maximum Gasteiger partial charge on any atom is 0.401 e. The Kier molecular flexibility index (Phi) is 5.87. The normalized spacial score (nSPS) is 20.8. The Balaban J connectivity index is 1.95. The van der Waals surface area contributed by atoms with Crippen LogP contribution in [-0.4, -0.2) is 61.0 Å². The predicted octanol–water partition coefficient (Wildman–Crippen LogP) is 1.77. The van der Waals surface area contributed by atoms with E-state index in [1.165, 1.54) is 0 Å². The van der Waals surface area contributed by atoms with Crippen molar-refractivity contribution in [1.29, 1.82) is 0 Å². The van der Waals surface area contributed by atoms with Crippen LogP contribution in [0.3, 0.4) is 0 Å². The second-order valence-corrected chi connectivity index (χ2v) is 6.06. The van der Waals surface area contributed by atoms with Crippen LogP contribution in [0.2, 0.25) is 0 Å². The van der Waals surface area contributed by atoms with E-state index in [4.69, 9.17) is 9.26 Å². The molecule has 0 bridgehead atoms. The first-order chi connectivity index (χ1) is 11.2. The minimum Gasteiger partial charge on any atom is -0.378 e. The van der Waals surface area contributed by atoms with Gasteiger partial charge in [-0.2, -0.15) is 13.2 Å². The minimum absolute atomic E-state index is 0.0401. The molecule has 1 aromatic heterocycles. The molecule has 1 N–H and O–H groups in total. The first-order valence-electron chi connectivity index (χ1n) is 7.78. The third kappa shape index (κ3) is 4.70. The van der Waals surface area contributed by atoms with Crippen molar-refractivity contribution in [1.82, 2.24) is 15.4 Å². The smallest absolute Gasteiger partial charge is 0.378 e. The van der Waals surface area contributed by atoms with Crippen molar-refractivity contribution in [2.45, 2.75) is 38.9 Å². The lowest BCUT2D eigenvalue weighted by atomic mass is 9.99. The molecule has 0 aromatic carbocycles. The van der Waals surface area contributed by atoms with Gasteiger partial charge in [-0.05, 0) is 13.8 Å². The molecule has 24 heavy (non-hydrogen) atoms. The number of nitrogens with zero attached hydrogens (tertiary/aromatic N) is 2. The Morgan fingerprint density at radius 2 is 2.17 bits per heavy atom. The van der Waals surface area contributed by atoms with Crippen molar-refractivity contribution in [2.75, 3.05) is 32.8 Å². The molecular weight excluding hydrogens is 327 g/mol. The van der Waals surface area contributed by atoms with Crippen molar-refractivity contribution < 1.29 is 27.2 Å². The Labute approximate surface area is 138 Å². The molecule has 136 valence electrons. The molecule has 1 aromatic rings. The van der Waals surface area contributed by atoms with Crippen LogP contribution in [0.5, 0.6) is 0 Å². The molecule has 6 nitrogen and oxygen atoms in total. The Hall–Kier alpha value is -1.61. The number of aromatic nitrogens is 1. The lowest BCUT2D eigenvalue weighted by molar-refractivity contribution is -0.166. The van der Waals surface area contributed by atoms with Crippen molar-refractivity contribution in [2.24, 2.45) is 0 Å². The molecular formula is C15H22F3N3O3. The van der Waals surface area contributed by atoms with E-state index in [-0.39, 0.29) is 32.2 Å². The number of nitrogens with one attached hydrogen (secondary N) is 1. The highest BCUT2D eigenvalue weighted by atomic mass is 19.4. The summed E-state index contributed by atoms with van der Waals surface area (Å²) in [6.07, 6.45) is -4.35. The number of morpholine rings is 1. The summed E-state index contributed by atoms with van der Waals surface area (Å²) >= 11 is 0. The first-order valence-corrected chi connectivity index (χ1v) is 7.78. The lowest BCUT2D eigenvalue weighted by Gasteiger charge is -2.35. The molecule has 2 heterocycles. The summed E-state index contributed by atoms with van der Waals surface area (Å²) < 4.78 is 48.2. The highest BCUT2D eigenvalue weighted by molar-refractivity contribution is 5.82. The van der Waals surface area contributed by atoms with E-state index in [0.717, 1.165) is 16.2 Å². The van der Waals surface area contributed by atoms with Gasteiger partial charge in [0.1, 0.15) is 11.8 Å². The van der Waals surface area contributed by atoms with Crippen LogP contribution in [-0.2, 0) is 9.53 Å². The molecule has 2 unspecified atom stereocenters. The van der Waals surface area contributed by atoms with Gasteiger partial charge in [0, 0.05) is 24.6 Å². The van der Waals surface area contributed by atoms with Gasteiger partial charge < -0.3 is 14.6 Å². The number of aryl methyl sites for hydroxylation is 2. The number of rotatable bonds is 5. The average Bonchev–Trinajstić information content (AvgIpc) is 2.82. The zero-order chi connectivity index (χ0) is 17.9. The maximum atomic E-state index is 12.6. The fourth-order valence-electron chi connectivity index (χ4n) is 2.97. The number of hydrogen-bond acceptors (Lipinski definition) is 5. The number of ether oxygens (including phenoxy) is 1. The maximum absolute atomic E-state index is 12.6. The standard InChI is InChI=1S/C15H22F3N3O3/c1-9(13-10(2)20-24-11(13)3)6-19-14(22)12-7-23-5-4-21(12)8-15(16,17)18/h9,12H,4-8H2,1-3H3,(H,19,22). The highest BCUT2D eigenvalue weighted by Crippen LogP contribution is 2.23. The molecule has 2 rings (SSSR count). The van der Waals surface area contributed by atoms with Crippen molar-refractivity contribution in [3.05, 3.63) is 17.0 Å². The third-order valence-corrected chi connectivity index (χ3v) is 4.09. The quantitative estimate of drug-likeness (QED) is 0.878. The minimum atomic E-state index is -4.35. The van der Waals surface area contributed by atoms with Crippen molar-refractivity contribution in [3.63, 3.8) is 0 Å². The van der Waals surface area contributed by atoms with Gasteiger partial charge >= 0.3 is 6.18 Å². The number of alkyl halides is 3. The zero-order valence-electron chi connectivity index (χ0n) is 13.9. The topological polar surface area (TPSA) is 67.6 Å². The Morgan fingerprint density at radius 3 is 2.75 bits per heavy atom. The van der Waals surface area contributed by atoms with E-state index in [0.29, 0.717) is 5.76 Å². The Bertz CT molecular complexity index is 555. The summed E-state index contributed by atoms with van der Waals surface area (Å²) in [7, 11) is 0. The van der Waals surface area contributed by atoms with E-state index < -0.39 is 24.7 Å². The fraction of sp³-hybridized carbons (Fsp3) is 0.733. The molecule has 1 amide bonds. The van der Waals surface area contributed by atoms with Crippen LogP contribution in [0.4, 0.5) is 13.2 Å². The molecule has 1 aliphatic heterocycles. The van der Waals surface area contributed by atoms with Gasteiger partial charge in [0.25, 0.3) is 0 Å². The molecule has 1 aliphatic rings. The van der Waals surface area contributed by atoms with Crippen LogP contribution in [0.25, 0.3) is 0 Å². The number of hydrogen-bond donors (Lipinski definition) is 1. The highest BCUT2D eigenvalue weighted by Gasteiger charge is 2.38. The van der Waals surface area contributed by atoms with Gasteiger partial charge in [0.15, 0.2) is 0 Å². The molecule has 0 saturated carbocycles. The van der Waals surface area contributed by atoms with E-state index in [9.17, 15) is 18.0 Å². The van der Waals surface area contributed by atoms with E-state index >= 15 is 0 Å². The molecule has 2 atom stereocenters. The van der Waals surface area contributed by atoms with Gasteiger partial charge in [-0.25, -0.2) is 0 Å². The van der Waals surface area contributed by atoms with Gasteiger partial charge in [0.05, 0.1) is 25.5 Å². The molecule has 0 aliphatic carbocycles. The van der Waals surface area contributed by atoms with Crippen molar-refractivity contribution in [3.8, 4) is 0 Å². The lowest BCUT2D eigenvalue weighted by Crippen LogP contribution is -2.56. The fourth-order valence-corrected chi connectivity index (χ4v) is 2.97. The first kappa shape index (κ1) is 18.7. The number of carbonyl (C=O) groups excluding carboxylic acids is 1. The molecule has 0 spiro atoms. The summed E-state index contributed by atoms with van der Waals surface area (Å²) in [6.45, 7) is 4.90. The van der Waals surface area contributed by atoms with Crippen LogP contribution in [0.1, 0.15) is 29.9 Å². The van der Waals surface area contributed by atoms with Gasteiger partial charge in [0.2, 0.25) is 5.91 Å². The van der Waals surface area contributed by atoms with Gasteiger partial charge in [-0.3, -0.25) is 9.69 Å². The van der Waals surface area contributed by atoms with Crippen LogP contribution < -0.4 is 5.32 Å². The Morgan fingerprint density at radius 1 is 1.46 bits per heavy atom. The largest absolute Gasteiger partial charge is 0.401 e. The van der Waals surface area contributed by atoms with E-state index in [1.807, 2.05) is 13.8 Å². The van der Waals surface area contributed by atoms with Gasteiger partial charge in [-0.15, -0.1) is 0 Å². The second-order valence-electron chi connectivity index (χ2n) is 6.06. The van der Waals surface area contributed by atoms with Crippen LogP contribution >= 0.6 is 0 Å². The molecule has 9 heteroatoms. The second kappa shape index (κ2) is 7.52. The van der Waals surface area contributed by atoms with E-state index in [2.05, 4.69) is 10.5 Å². The van der Waals surface area contributed by atoms with E-state index in [1.54, 1.807) is 6.92 Å². The molecule has 1 fully saturated rings.